The van der Waals surface area contributed by atoms with Crippen molar-refractivity contribution in [2.24, 2.45) is 0 Å². The van der Waals surface area contributed by atoms with Crippen LogP contribution in [0, 0.1) is 0 Å². The Hall–Kier alpha value is -0.770. The molecule has 0 saturated carbocycles. The van der Waals surface area contributed by atoms with Crippen LogP contribution in [-0.2, 0) is 0 Å². The normalized spacial score (nSPS) is 20.5. The van der Waals surface area contributed by atoms with Crippen LogP contribution in [0.1, 0.15) is 44.7 Å². The van der Waals surface area contributed by atoms with Gasteiger partial charge < -0.3 is 5.32 Å². The van der Waals surface area contributed by atoms with E-state index >= 15 is 0 Å². The Morgan fingerprint density at radius 3 is 3.00 bits per heavy atom. The molecule has 94 valence electrons. The van der Waals surface area contributed by atoms with Gasteiger partial charge >= 0.3 is 0 Å². The zero-order valence-corrected chi connectivity index (χ0v) is 11.5. The third-order valence-electron chi connectivity index (χ3n) is 3.06. The van der Waals surface area contributed by atoms with E-state index in [4.69, 9.17) is 0 Å². The molecule has 1 atom stereocenters. The lowest BCUT2D eigenvalue weighted by Crippen LogP contribution is -2.20. The number of nitrogens with one attached hydrogen (secondary N) is 1. The van der Waals surface area contributed by atoms with E-state index in [0.29, 0.717) is 5.92 Å². The molecule has 1 aliphatic rings. The SMILES string of the molecule is CC(C)c1cc(NCC2CCCCS2)ncn1. The molecule has 1 aromatic heterocycles. The van der Waals surface area contributed by atoms with E-state index in [0.717, 1.165) is 23.3 Å². The number of aromatic nitrogens is 2. The molecular weight excluding hydrogens is 230 g/mol. The number of thioether (sulfide) groups is 1. The highest BCUT2D eigenvalue weighted by Crippen LogP contribution is 2.25. The molecule has 4 heteroatoms. The summed E-state index contributed by atoms with van der Waals surface area (Å²) >= 11 is 2.09. The second-order valence-electron chi connectivity index (χ2n) is 4.85. The molecule has 1 N–H and O–H groups in total. The topological polar surface area (TPSA) is 37.8 Å². The van der Waals surface area contributed by atoms with Gasteiger partial charge in [0.25, 0.3) is 0 Å². The third kappa shape index (κ3) is 3.87. The maximum Gasteiger partial charge on any atom is 0.129 e. The highest BCUT2D eigenvalue weighted by atomic mass is 32.2. The zero-order chi connectivity index (χ0) is 12.1. The Morgan fingerprint density at radius 2 is 2.29 bits per heavy atom. The predicted octanol–water partition coefficient (Wildman–Crippen LogP) is 3.30. The summed E-state index contributed by atoms with van der Waals surface area (Å²) < 4.78 is 0. The molecule has 1 aliphatic heterocycles. The minimum Gasteiger partial charge on any atom is -0.369 e. The third-order valence-corrected chi connectivity index (χ3v) is 4.46. The van der Waals surface area contributed by atoms with Crippen molar-refractivity contribution in [3.63, 3.8) is 0 Å². The Kier molecular flexibility index (Phi) is 4.66. The van der Waals surface area contributed by atoms with Crippen LogP contribution in [0.15, 0.2) is 12.4 Å². The lowest BCUT2D eigenvalue weighted by molar-refractivity contribution is 0.676. The molecular formula is C13H21N3S. The Balaban J connectivity index is 1.87. The van der Waals surface area contributed by atoms with Crippen molar-refractivity contribution in [1.29, 1.82) is 0 Å². The van der Waals surface area contributed by atoms with E-state index in [-0.39, 0.29) is 0 Å². The average Bonchev–Trinajstić information content (AvgIpc) is 2.38. The lowest BCUT2D eigenvalue weighted by atomic mass is 10.1. The molecule has 0 amide bonds. The summed E-state index contributed by atoms with van der Waals surface area (Å²) in [5.74, 6) is 2.74. The molecule has 1 saturated heterocycles. The van der Waals surface area contributed by atoms with Gasteiger partial charge in [0.15, 0.2) is 0 Å². The van der Waals surface area contributed by atoms with Gasteiger partial charge in [0.2, 0.25) is 0 Å². The van der Waals surface area contributed by atoms with Gasteiger partial charge in [-0.25, -0.2) is 9.97 Å². The van der Waals surface area contributed by atoms with Crippen LogP contribution in [0.4, 0.5) is 5.82 Å². The molecule has 1 aromatic rings. The summed E-state index contributed by atoms with van der Waals surface area (Å²) in [6.07, 6.45) is 5.75. The van der Waals surface area contributed by atoms with Crippen LogP contribution in [0.5, 0.6) is 0 Å². The van der Waals surface area contributed by atoms with Crippen molar-refractivity contribution < 1.29 is 0 Å². The molecule has 0 spiro atoms. The van der Waals surface area contributed by atoms with Gasteiger partial charge in [-0.1, -0.05) is 20.3 Å². The van der Waals surface area contributed by atoms with E-state index in [2.05, 4.69) is 47.0 Å². The van der Waals surface area contributed by atoms with Gasteiger partial charge in [-0.15, -0.1) is 0 Å². The van der Waals surface area contributed by atoms with Gasteiger partial charge in [0, 0.05) is 23.6 Å². The summed E-state index contributed by atoms with van der Waals surface area (Å²) in [5, 5.41) is 4.19. The monoisotopic (exact) mass is 251 g/mol. The fourth-order valence-electron chi connectivity index (χ4n) is 1.97. The summed E-state index contributed by atoms with van der Waals surface area (Å²) in [6.45, 7) is 5.34. The summed E-state index contributed by atoms with van der Waals surface area (Å²) in [5.41, 5.74) is 1.11. The van der Waals surface area contributed by atoms with E-state index in [1.165, 1.54) is 25.0 Å². The average molecular weight is 251 g/mol. The van der Waals surface area contributed by atoms with E-state index in [1.807, 2.05) is 0 Å². The van der Waals surface area contributed by atoms with Crippen LogP contribution in [0.25, 0.3) is 0 Å². The molecule has 0 bridgehead atoms. The Bertz CT molecular complexity index is 348. The number of hydrogen-bond donors (Lipinski definition) is 1. The number of anilines is 1. The maximum atomic E-state index is 4.28. The standard InChI is InChI=1S/C13H21N3S/c1-10(2)12-7-13(16-9-15-12)14-8-11-5-3-4-6-17-11/h7,9-11H,3-6,8H2,1-2H3,(H,14,15,16). The first kappa shape index (κ1) is 12.7. The lowest BCUT2D eigenvalue weighted by Gasteiger charge is -2.21. The fourth-order valence-corrected chi connectivity index (χ4v) is 3.21. The number of hydrogen-bond acceptors (Lipinski definition) is 4. The molecule has 3 nitrogen and oxygen atoms in total. The second-order valence-corrected chi connectivity index (χ2v) is 6.26. The van der Waals surface area contributed by atoms with Crippen molar-refractivity contribution >= 4 is 17.6 Å². The van der Waals surface area contributed by atoms with Gasteiger partial charge in [0.1, 0.15) is 12.1 Å². The van der Waals surface area contributed by atoms with Gasteiger partial charge in [0.05, 0.1) is 0 Å². The van der Waals surface area contributed by atoms with Crippen molar-refractivity contribution in [2.45, 2.75) is 44.3 Å². The van der Waals surface area contributed by atoms with Crippen LogP contribution >= 0.6 is 11.8 Å². The quantitative estimate of drug-likeness (QED) is 0.891. The van der Waals surface area contributed by atoms with Crippen molar-refractivity contribution in [3.05, 3.63) is 18.1 Å². The van der Waals surface area contributed by atoms with Gasteiger partial charge in [-0.3, -0.25) is 0 Å². The number of nitrogens with zero attached hydrogens (tertiary/aromatic N) is 2. The van der Waals surface area contributed by atoms with Crippen molar-refractivity contribution in [1.82, 2.24) is 9.97 Å². The smallest absolute Gasteiger partial charge is 0.129 e. The van der Waals surface area contributed by atoms with Crippen LogP contribution in [-0.4, -0.2) is 27.5 Å². The largest absolute Gasteiger partial charge is 0.369 e. The van der Waals surface area contributed by atoms with Crippen LogP contribution in [0.2, 0.25) is 0 Å². The first-order valence-electron chi connectivity index (χ1n) is 6.43. The highest BCUT2D eigenvalue weighted by molar-refractivity contribution is 7.99. The predicted molar refractivity (Wildman–Crippen MR) is 74.7 cm³/mol. The first-order valence-corrected chi connectivity index (χ1v) is 7.48. The highest BCUT2D eigenvalue weighted by Gasteiger charge is 2.13. The fraction of sp³-hybridized carbons (Fsp3) is 0.692. The van der Waals surface area contributed by atoms with Gasteiger partial charge in [-0.05, 0) is 24.5 Å². The minimum absolute atomic E-state index is 0.461. The summed E-state index contributed by atoms with van der Waals surface area (Å²) in [4.78, 5) is 8.55. The van der Waals surface area contributed by atoms with E-state index in [9.17, 15) is 0 Å². The molecule has 2 rings (SSSR count). The summed E-state index contributed by atoms with van der Waals surface area (Å²) in [7, 11) is 0. The molecule has 1 unspecified atom stereocenters. The van der Waals surface area contributed by atoms with E-state index < -0.39 is 0 Å². The maximum absolute atomic E-state index is 4.28. The van der Waals surface area contributed by atoms with Crippen molar-refractivity contribution in [3.8, 4) is 0 Å². The zero-order valence-electron chi connectivity index (χ0n) is 10.6. The first-order chi connectivity index (χ1) is 8.25. The number of rotatable bonds is 4. The molecule has 17 heavy (non-hydrogen) atoms. The van der Waals surface area contributed by atoms with Gasteiger partial charge in [-0.2, -0.15) is 11.8 Å². The molecule has 0 aliphatic carbocycles. The van der Waals surface area contributed by atoms with Crippen molar-refractivity contribution in [2.75, 3.05) is 17.6 Å². The molecule has 2 heterocycles. The summed E-state index contributed by atoms with van der Waals surface area (Å²) in [6, 6.07) is 2.07. The van der Waals surface area contributed by atoms with E-state index in [1.54, 1.807) is 6.33 Å². The Labute approximate surface area is 108 Å². The minimum atomic E-state index is 0.461. The van der Waals surface area contributed by atoms with Crippen LogP contribution < -0.4 is 5.32 Å². The molecule has 0 radical (unpaired) electrons. The van der Waals surface area contributed by atoms with Crippen LogP contribution in [0.3, 0.4) is 0 Å². The molecule has 1 fully saturated rings. The molecule has 0 aromatic carbocycles. The second kappa shape index (κ2) is 6.24. The Morgan fingerprint density at radius 1 is 1.41 bits per heavy atom.